The standard InChI is InChI=1S/C10H11BrCl2N2O/c1-10(2,14)9(16)15-6-4-3-5(11)7(12)8(6)13/h3-4H,14H2,1-2H3,(H,15,16). The summed E-state index contributed by atoms with van der Waals surface area (Å²) in [5, 5.41) is 3.26. The van der Waals surface area contributed by atoms with Crippen LogP contribution in [0.15, 0.2) is 16.6 Å². The molecule has 1 aromatic rings. The average Bonchev–Trinajstić information content (AvgIpc) is 2.17. The van der Waals surface area contributed by atoms with Gasteiger partial charge in [0.25, 0.3) is 0 Å². The van der Waals surface area contributed by atoms with Crippen molar-refractivity contribution >= 4 is 50.7 Å². The minimum atomic E-state index is -0.969. The number of carbonyl (C=O) groups is 1. The summed E-state index contributed by atoms with van der Waals surface area (Å²) in [6, 6.07) is 3.36. The van der Waals surface area contributed by atoms with E-state index in [0.29, 0.717) is 15.2 Å². The molecule has 1 amide bonds. The number of rotatable bonds is 2. The maximum absolute atomic E-state index is 11.6. The number of carbonyl (C=O) groups excluding carboxylic acids is 1. The van der Waals surface area contributed by atoms with Crippen LogP contribution in [0.4, 0.5) is 5.69 Å². The van der Waals surface area contributed by atoms with Gasteiger partial charge in [-0.15, -0.1) is 0 Å². The first-order chi connectivity index (χ1) is 7.23. The number of anilines is 1. The second kappa shape index (κ2) is 4.92. The smallest absolute Gasteiger partial charge is 0.243 e. The molecule has 0 spiro atoms. The molecule has 16 heavy (non-hydrogen) atoms. The Labute approximate surface area is 112 Å². The van der Waals surface area contributed by atoms with Crippen molar-refractivity contribution in [2.45, 2.75) is 19.4 Å². The van der Waals surface area contributed by atoms with Gasteiger partial charge in [-0.1, -0.05) is 23.2 Å². The van der Waals surface area contributed by atoms with Crippen molar-refractivity contribution in [1.82, 2.24) is 0 Å². The molecule has 0 heterocycles. The van der Waals surface area contributed by atoms with Crippen LogP contribution in [0.3, 0.4) is 0 Å². The molecule has 6 heteroatoms. The maximum Gasteiger partial charge on any atom is 0.243 e. The lowest BCUT2D eigenvalue weighted by Crippen LogP contribution is -2.45. The highest BCUT2D eigenvalue weighted by Gasteiger charge is 2.23. The van der Waals surface area contributed by atoms with E-state index in [1.807, 2.05) is 0 Å². The number of nitrogens with one attached hydrogen (secondary N) is 1. The molecular formula is C10H11BrCl2N2O. The number of hydrogen-bond donors (Lipinski definition) is 2. The van der Waals surface area contributed by atoms with E-state index in [-0.39, 0.29) is 10.9 Å². The Hall–Kier alpha value is -0.290. The molecule has 1 rings (SSSR count). The zero-order chi connectivity index (χ0) is 12.5. The van der Waals surface area contributed by atoms with Gasteiger partial charge in [0.05, 0.1) is 21.3 Å². The van der Waals surface area contributed by atoms with Crippen LogP contribution >= 0.6 is 39.1 Å². The van der Waals surface area contributed by atoms with Crippen molar-refractivity contribution in [3.05, 3.63) is 26.7 Å². The fourth-order valence-electron chi connectivity index (χ4n) is 0.906. The van der Waals surface area contributed by atoms with Crippen molar-refractivity contribution in [1.29, 1.82) is 0 Å². The van der Waals surface area contributed by atoms with E-state index >= 15 is 0 Å². The van der Waals surface area contributed by atoms with Crippen molar-refractivity contribution in [3.8, 4) is 0 Å². The molecule has 0 aliphatic rings. The van der Waals surface area contributed by atoms with Crippen molar-refractivity contribution in [2.75, 3.05) is 5.32 Å². The van der Waals surface area contributed by atoms with Crippen LogP contribution in [0.2, 0.25) is 10.0 Å². The molecule has 0 unspecified atom stereocenters. The third-order valence-corrected chi connectivity index (χ3v) is 3.64. The lowest BCUT2D eigenvalue weighted by Gasteiger charge is -2.18. The van der Waals surface area contributed by atoms with Gasteiger partial charge in [-0.3, -0.25) is 4.79 Å². The van der Waals surface area contributed by atoms with Gasteiger partial charge < -0.3 is 11.1 Å². The van der Waals surface area contributed by atoms with E-state index in [9.17, 15) is 4.79 Å². The number of benzene rings is 1. The largest absolute Gasteiger partial charge is 0.323 e. The van der Waals surface area contributed by atoms with Crippen LogP contribution in [0, 0.1) is 0 Å². The first-order valence-corrected chi connectivity index (χ1v) is 6.02. The first-order valence-electron chi connectivity index (χ1n) is 4.47. The molecule has 0 aliphatic heterocycles. The second-order valence-electron chi connectivity index (χ2n) is 3.90. The SMILES string of the molecule is CC(C)(N)C(=O)Nc1ccc(Br)c(Cl)c1Cl. The molecule has 0 atom stereocenters. The summed E-state index contributed by atoms with van der Waals surface area (Å²) < 4.78 is 0.671. The van der Waals surface area contributed by atoms with E-state index in [0.717, 1.165) is 0 Å². The van der Waals surface area contributed by atoms with Gasteiger partial charge in [-0.05, 0) is 41.9 Å². The third kappa shape index (κ3) is 3.10. The molecule has 3 nitrogen and oxygen atoms in total. The van der Waals surface area contributed by atoms with E-state index in [1.165, 1.54) is 0 Å². The van der Waals surface area contributed by atoms with Gasteiger partial charge in [0, 0.05) is 4.47 Å². The minimum absolute atomic E-state index is 0.286. The van der Waals surface area contributed by atoms with Crippen molar-refractivity contribution in [3.63, 3.8) is 0 Å². The van der Waals surface area contributed by atoms with Gasteiger partial charge in [0.1, 0.15) is 0 Å². The quantitative estimate of drug-likeness (QED) is 0.818. The predicted molar refractivity (Wildman–Crippen MR) is 71.1 cm³/mol. The maximum atomic E-state index is 11.6. The molecule has 0 saturated carbocycles. The van der Waals surface area contributed by atoms with Gasteiger partial charge in [-0.25, -0.2) is 0 Å². The predicted octanol–water partition coefficient (Wildman–Crippen LogP) is 3.43. The van der Waals surface area contributed by atoms with E-state index in [4.69, 9.17) is 28.9 Å². The Balaban J connectivity index is 3.00. The highest BCUT2D eigenvalue weighted by Crippen LogP contribution is 2.35. The van der Waals surface area contributed by atoms with Crippen LogP contribution in [0.5, 0.6) is 0 Å². The Kier molecular flexibility index (Phi) is 4.23. The molecular weight excluding hydrogens is 315 g/mol. The summed E-state index contributed by atoms with van der Waals surface area (Å²) in [5.74, 6) is -0.326. The normalized spacial score (nSPS) is 11.4. The van der Waals surface area contributed by atoms with Crippen molar-refractivity contribution in [2.24, 2.45) is 5.73 Å². The molecule has 1 aromatic carbocycles. The summed E-state index contributed by atoms with van der Waals surface area (Å²) >= 11 is 15.1. The number of halogens is 3. The summed E-state index contributed by atoms with van der Waals surface area (Å²) in [5.41, 5.74) is 5.12. The average molecular weight is 326 g/mol. The monoisotopic (exact) mass is 324 g/mol. The number of amides is 1. The molecule has 3 N–H and O–H groups in total. The molecule has 0 bridgehead atoms. The van der Waals surface area contributed by atoms with E-state index < -0.39 is 5.54 Å². The topological polar surface area (TPSA) is 55.1 Å². The fraction of sp³-hybridized carbons (Fsp3) is 0.300. The van der Waals surface area contributed by atoms with E-state index in [2.05, 4.69) is 21.2 Å². The molecule has 88 valence electrons. The van der Waals surface area contributed by atoms with Crippen LogP contribution in [0.1, 0.15) is 13.8 Å². The fourth-order valence-corrected chi connectivity index (χ4v) is 1.73. The Morgan fingerprint density at radius 1 is 1.38 bits per heavy atom. The van der Waals surface area contributed by atoms with Crippen molar-refractivity contribution < 1.29 is 4.79 Å². The summed E-state index contributed by atoms with van der Waals surface area (Å²) in [6.45, 7) is 3.22. The number of hydrogen-bond acceptors (Lipinski definition) is 2. The first kappa shape index (κ1) is 13.8. The zero-order valence-corrected chi connectivity index (χ0v) is 11.9. The molecule has 0 saturated heterocycles. The highest BCUT2D eigenvalue weighted by molar-refractivity contribution is 9.10. The lowest BCUT2D eigenvalue weighted by atomic mass is 10.1. The summed E-state index contributed by atoms with van der Waals surface area (Å²) in [7, 11) is 0. The van der Waals surface area contributed by atoms with Gasteiger partial charge in [0.15, 0.2) is 0 Å². The second-order valence-corrected chi connectivity index (χ2v) is 5.51. The molecule has 0 radical (unpaired) electrons. The molecule has 0 fully saturated rings. The van der Waals surface area contributed by atoms with Crippen LogP contribution in [0.25, 0.3) is 0 Å². The Bertz CT molecular complexity index is 430. The van der Waals surface area contributed by atoms with Crippen LogP contribution < -0.4 is 11.1 Å². The van der Waals surface area contributed by atoms with Gasteiger partial charge >= 0.3 is 0 Å². The van der Waals surface area contributed by atoms with Gasteiger partial charge in [-0.2, -0.15) is 0 Å². The summed E-state index contributed by atoms with van der Waals surface area (Å²) in [6.07, 6.45) is 0. The van der Waals surface area contributed by atoms with Gasteiger partial charge in [0.2, 0.25) is 5.91 Å². The number of nitrogens with two attached hydrogens (primary N) is 1. The summed E-state index contributed by atoms with van der Waals surface area (Å²) in [4.78, 5) is 11.6. The molecule has 0 aromatic heterocycles. The Morgan fingerprint density at radius 2 is 1.94 bits per heavy atom. The zero-order valence-electron chi connectivity index (χ0n) is 8.77. The minimum Gasteiger partial charge on any atom is -0.323 e. The van der Waals surface area contributed by atoms with Crippen LogP contribution in [-0.2, 0) is 4.79 Å². The van der Waals surface area contributed by atoms with Crippen LogP contribution in [-0.4, -0.2) is 11.4 Å². The van der Waals surface area contributed by atoms with E-state index in [1.54, 1.807) is 26.0 Å². The third-order valence-electron chi connectivity index (χ3n) is 1.87. The Morgan fingerprint density at radius 3 is 2.44 bits per heavy atom. The molecule has 0 aliphatic carbocycles. The highest BCUT2D eigenvalue weighted by atomic mass is 79.9. The lowest BCUT2D eigenvalue weighted by molar-refractivity contribution is -0.120.